The lowest BCUT2D eigenvalue weighted by molar-refractivity contribution is -0.876. The maximum atomic E-state index is 10.7. The third-order valence-electron chi connectivity index (χ3n) is 3.32. The molecule has 0 amide bonds. The summed E-state index contributed by atoms with van der Waals surface area (Å²) in [4.78, 5) is 14.0. The van der Waals surface area contributed by atoms with Crippen molar-refractivity contribution in [1.29, 1.82) is 0 Å². The number of nitrogens with zero attached hydrogens (tertiary/aromatic N) is 2. The number of halogens is 1. The Morgan fingerprint density at radius 2 is 2.17 bits per heavy atom. The molecule has 1 aromatic rings. The SMILES string of the molecule is C[NH+]1CCCN(c2ccc([N+](=O)[O-])cc2Cl)CC1. The first-order valence-electron chi connectivity index (χ1n) is 6.08. The first-order valence-corrected chi connectivity index (χ1v) is 6.46. The molecule has 98 valence electrons. The minimum atomic E-state index is -0.421. The van der Waals surface area contributed by atoms with Gasteiger partial charge in [0.1, 0.15) is 0 Å². The van der Waals surface area contributed by atoms with Gasteiger partial charge in [-0.1, -0.05) is 11.6 Å². The van der Waals surface area contributed by atoms with E-state index in [2.05, 4.69) is 11.9 Å². The number of non-ortho nitro benzene ring substituents is 1. The molecule has 0 bridgehead atoms. The normalized spacial score (nSPS) is 20.6. The van der Waals surface area contributed by atoms with E-state index in [1.165, 1.54) is 17.0 Å². The van der Waals surface area contributed by atoms with Gasteiger partial charge in [-0.05, 0) is 6.07 Å². The lowest BCUT2D eigenvalue weighted by atomic mass is 10.2. The smallest absolute Gasteiger partial charge is 0.271 e. The van der Waals surface area contributed by atoms with Crippen LogP contribution >= 0.6 is 11.6 Å². The standard InChI is InChI=1S/C12H16ClN3O2/c1-14-5-2-6-15(8-7-14)12-4-3-10(16(17)18)9-11(12)13/h3-4,9H,2,5-8H2,1H3/p+1. The average molecular weight is 271 g/mol. The van der Waals surface area contributed by atoms with Gasteiger partial charge in [0.05, 0.1) is 42.3 Å². The lowest BCUT2D eigenvalue weighted by Crippen LogP contribution is -3.09. The van der Waals surface area contributed by atoms with E-state index in [0.717, 1.165) is 38.3 Å². The van der Waals surface area contributed by atoms with Crippen LogP contribution in [0.3, 0.4) is 0 Å². The molecular formula is C12H17ClN3O2+. The van der Waals surface area contributed by atoms with E-state index in [1.54, 1.807) is 6.07 Å². The van der Waals surface area contributed by atoms with Gasteiger partial charge in [-0.15, -0.1) is 0 Å². The van der Waals surface area contributed by atoms with Crippen molar-refractivity contribution >= 4 is 23.0 Å². The van der Waals surface area contributed by atoms with Crippen LogP contribution in [-0.4, -0.2) is 38.2 Å². The highest BCUT2D eigenvalue weighted by Crippen LogP contribution is 2.29. The number of nitrogens with one attached hydrogen (secondary N) is 1. The van der Waals surface area contributed by atoms with Crippen molar-refractivity contribution in [2.45, 2.75) is 6.42 Å². The van der Waals surface area contributed by atoms with Crippen LogP contribution in [0.1, 0.15) is 6.42 Å². The quantitative estimate of drug-likeness (QED) is 0.644. The summed E-state index contributed by atoms with van der Waals surface area (Å²) < 4.78 is 0. The van der Waals surface area contributed by atoms with E-state index in [-0.39, 0.29) is 5.69 Å². The number of nitro benzene ring substituents is 1. The highest BCUT2D eigenvalue weighted by Gasteiger charge is 2.18. The predicted octanol–water partition coefficient (Wildman–Crippen LogP) is 0.973. The van der Waals surface area contributed by atoms with Gasteiger partial charge in [0, 0.05) is 25.1 Å². The molecule has 5 nitrogen and oxygen atoms in total. The summed E-state index contributed by atoms with van der Waals surface area (Å²) in [7, 11) is 2.18. The molecule has 2 rings (SSSR count). The largest absolute Gasteiger partial charge is 0.364 e. The topological polar surface area (TPSA) is 50.8 Å². The Bertz CT molecular complexity index is 453. The highest BCUT2D eigenvalue weighted by atomic mass is 35.5. The lowest BCUT2D eigenvalue weighted by Gasteiger charge is -2.22. The summed E-state index contributed by atoms with van der Waals surface area (Å²) in [6, 6.07) is 4.70. The summed E-state index contributed by atoms with van der Waals surface area (Å²) in [6.07, 6.45) is 1.11. The monoisotopic (exact) mass is 270 g/mol. The first-order chi connectivity index (χ1) is 8.58. The van der Waals surface area contributed by atoms with E-state index >= 15 is 0 Å². The molecule has 1 fully saturated rings. The summed E-state index contributed by atoms with van der Waals surface area (Å²) >= 11 is 6.14. The third kappa shape index (κ3) is 2.91. The molecule has 1 heterocycles. The fourth-order valence-electron chi connectivity index (χ4n) is 2.24. The molecule has 1 aliphatic heterocycles. The zero-order valence-electron chi connectivity index (χ0n) is 10.4. The number of hydrogen-bond donors (Lipinski definition) is 1. The molecule has 0 aliphatic carbocycles. The van der Waals surface area contributed by atoms with Crippen LogP contribution in [-0.2, 0) is 0 Å². The first kappa shape index (κ1) is 13.1. The predicted molar refractivity (Wildman–Crippen MR) is 71.6 cm³/mol. The number of quaternary nitrogens is 1. The van der Waals surface area contributed by atoms with Crippen LogP contribution in [0.4, 0.5) is 11.4 Å². The molecular weight excluding hydrogens is 254 g/mol. The van der Waals surface area contributed by atoms with Gasteiger partial charge < -0.3 is 9.80 Å². The molecule has 1 aromatic carbocycles. The molecule has 1 saturated heterocycles. The van der Waals surface area contributed by atoms with Crippen LogP contribution in [0.5, 0.6) is 0 Å². The van der Waals surface area contributed by atoms with Gasteiger partial charge >= 0.3 is 0 Å². The number of likely N-dealkylation sites (N-methyl/N-ethyl adjacent to an activating group) is 1. The van der Waals surface area contributed by atoms with Crippen molar-refractivity contribution in [2.24, 2.45) is 0 Å². The maximum Gasteiger partial charge on any atom is 0.271 e. The van der Waals surface area contributed by atoms with Crippen molar-refractivity contribution in [1.82, 2.24) is 0 Å². The molecule has 1 unspecified atom stereocenters. The Hall–Kier alpha value is -1.33. The van der Waals surface area contributed by atoms with Crippen LogP contribution < -0.4 is 9.80 Å². The second kappa shape index (κ2) is 5.54. The van der Waals surface area contributed by atoms with E-state index in [9.17, 15) is 10.1 Å². The molecule has 6 heteroatoms. The molecule has 18 heavy (non-hydrogen) atoms. The summed E-state index contributed by atoms with van der Waals surface area (Å²) in [5, 5.41) is 11.1. The van der Waals surface area contributed by atoms with Crippen LogP contribution in [0, 0.1) is 10.1 Å². The maximum absolute atomic E-state index is 10.7. The van der Waals surface area contributed by atoms with Gasteiger partial charge in [-0.3, -0.25) is 10.1 Å². The van der Waals surface area contributed by atoms with Crippen molar-refractivity contribution in [3.63, 3.8) is 0 Å². The number of anilines is 1. The van der Waals surface area contributed by atoms with Crippen molar-refractivity contribution in [2.75, 3.05) is 38.1 Å². The molecule has 1 aliphatic rings. The Morgan fingerprint density at radius 3 is 2.83 bits per heavy atom. The molecule has 0 spiro atoms. The Morgan fingerprint density at radius 1 is 1.39 bits per heavy atom. The third-order valence-corrected chi connectivity index (χ3v) is 3.63. The second-order valence-electron chi connectivity index (χ2n) is 4.69. The van der Waals surface area contributed by atoms with E-state index in [1.807, 2.05) is 0 Å². The average Bonchev–Trinajstić information content (AvgIpc) is 2.54. The van der Waals surface area contributed by atoms with Crippen LogP contribution in [0.2, 0.25) is 5.02 Å². The minimum Gasteiger partial charge on any atom is -0.364 e. The van der Waals surface area contributed by atoms with Crippen LogP contribution in [0.15, 0.2) is 18.2 Å². The number of nitro groups is 1. The van der Waals surface area contributed by atoms with Gasteiger partial charge in [0.25, 0.3) is 5.69 Å². The van der Waals surface area contributed by atoms with Gasteiger partial charge in [-0.2, -0.15) is 0 Å². The highest BCUT2D eigenvalue weighted by molar-refractivity contribution is 6.33. The minimum absolute atomic E-state index is 0.0429. The van der Waals surface area contributed by atoms with Crippen molar-refractivity contribution < 1.29 is 9.82 Å². The zero-order valence-corrected chi connectivity index (χ0v) is 11.1. The van der Waals surface area contributed by atoms with Crippen LogP contribution in [0.25, 0.3) is 0 Å². The molecule has 1 N–H and O–H groups in total. The number of rotatable bonds is 2. The molecule has 0 saturated carbocycles. The summed E-state index contributed by atoms with van der Waals surface area (Å²) in [5.41, 5.74) is 0.943. The Balaban J connectivity index is 2.20. The number of hydrogen-bond acceptors (Lipinski definition) is 3. The van der Waals surface area contributed by atoms with E-state index in [4.69, 9.17) is 11.6 Å². The van der Waals surface area contributed by atoms with E-state index < -0.39 is 4.92 Å². The molecule has 0 radical (unpaired) electrons. The fourth-order valence-corrected chi connectivity index (χ4v) is 2.54. The van der Waals surface area contributed by atoms with Crippen molar-refractivity contribution in [3.05, 3.63) is 33.3 Å². The van der Waals surface area contributed by atoms with Gasteiger partial charge in [-0.25, -0.2) is 0 Å². The molecule has 1 atom stereocenters. The number of benzene rings is 1. The van der Waals surface area contributed by atoms with Crippen molar-refractivity contribution in [3.8, 4) is 0 Å². The molecule has 0 aromatic heterocycles. The Labute approximate surface area is 111 Å². The Kier molecular flexibility index (Phi) is 4.04. The van der Waals surface area contributed by atoms with E-state index in [0.29, 0.717) is 5.02 Å². The van der Waals surface area contributed by atoms with Gasteiger partial charge in [0.15, 0.2) is 0 Å². The fraction of sp³-hybridized carbons (Fsp3) is 0.500. The van der Waals surface area contributed by atoms with Gasteiger partial charge in [0.2, 0.25) is 0 Å². The summed E-state index contributed by atoms with van der Waals surface area (Å²) in [5.74, 6) is 0. The summed E-state index contributed by atoms with van der Waals surface area (Å²) in [6.45, 7) is 4.10. The zero-order chi connectivity index (χ0) is 13.1. The second-order valence-corrected chi connectivity index (χ2v) is 5.10.